The van der Waals surface area contributed by atoms with Crippen LogP contribution in [0.5, 0.6) is 0 Å². The number of carboxylic acid groups (broad SMARTS) is 1. The summed E-state index contributed by atoms with van der Waals surface area (Å²) < 4.78 is 0. The molecule has 0 spiro atoms. The van der Waals surface area contributed by atoms with Crippen LogP contribution in [0.15, 0.2) is 18.3 Å². The number of rotatable bonds is 6. The number of amides is 1. The highest BCUT2D eigenvalue weighted by atomic mass is 16.4. The van der Waals surface area contributed by atoms with E-state index in [0.29, 0.717) is 5.69 Å². The average Bonchev–Trinajstić information content (AvgIpc) is 2.92. The number of aliphatic carboxylic acids is 1. The second-order valence-corrected chi connectivity index (χ2v) is 5.55. The standard InChI is InChI=1S/C15H21N3O3/c1-11(9-15(20)21)8-14(19)17-12-4-5-13(16-10-12)18-6-2-3-7-18/h4-5,10-11H,2-3,6-9H2,1H3,(H,17,19)(H,20,21). The van der Waals surface area contributed by atoms with E-state index in [1.165, 1.54) is 12.8 Å². The molecular weight excluding hydrogens is 270 g/mol. The molecule has 0 saturated carbocycles. The number of carbonyl (C=O) groups is 2. The van der Waals surface area contributed by atoms with Crippen molar-refractivity contribution in [3.8, 4) is 0 Å². The van der Waals surface area contributed by atoms with Gasteiger partial charge in [0.1, 0.15) is 5.82 Å². The van der Waals surface area contributed by atoms with Crippen molar-refractivity contribution in [1.29, 1.82) is 0 Å². The number of pyridine rings is 1. The van der Waals surface area contributed by atoms with E-state index < -0.39 is 5.97 Å². The highest BCUT2D eigenvalue weighted by Crippen LogP contribution is 2.19. The molecule has 6 heteroatoms. The summed E-state index contributed by atoms with van der Waals surface area (Å²) in [5.41, 5.74) is 0.644. The zero-order chi connectivity index (χ0) is 15.2. The fraction of sp³-hybridized carbons (Fsp3) is 0.533. The predicted molar refractivity (Wildman–Crippen MR) is 80.3 cm³/mol. The third-order valence-corrected chi connectivity index (χ3v) is 3.52. The van der Waals surface area contributed by atoms with Gasteiger partial charge < -0.3 is 15.3 Å². The Morgan fingerprint density at radius 1 is 1.33 bits per heavy atom. The van der Waals surface area contributed by atoms with Crippen molar-refractivity contribution < 1.29 is 14.7 Å². The Kier molecular flexibility index (Phi) is 5.14. The summed E-state index contributed by atoms with van der Waals surface area (Å²) in [5.74, 6) is -0.310. The SMILES string of the molecule is CC(CC(=O)O)CC(=O)Nc1ccc(N2CCCC2)nc1. The first-order valence-corrected chi connectivity index (χ1v) is 7.27. The summed E-state index contributed by atoms with van der Waals surface area (Å²) in [7, 11) is 0. The van der Waals surface area contributed by atoms with Gasteiger partial charge in [-0.05, 0) is 30.9 Å². The molecule has 0 aromatic carbocycles. The third-order valence-electron chi connectivity index (χ3n) is 3.52. The molecule has 1 atom stereocenters. The van der Waals surface area contributed by atoms with E-state index >= 15 is 0 Å². The summed E-state index contributed by atoms with van der Waals surface area (Å²) in [6.07, 6.45) is 4.23. The Morgan fingerprint density at radius 2 is 2.05 bits per heavy atom. The Bertz CT molecular complexity index is 495. The zero-order valence-electron chi connectivity index (χ0n) is 12.2. The Morgan fingerprint density at radius 3 is 2.62 bits per heavy atom. The van der Waals surface area contributed by atoms with Crippen molar-refractivity contribution >= 4 is 23.4 Å². The van der Waals surface area contributed by atoms with Gasteiger partial charge in [-0.2, -0.15) is 0 Å². The average molecular weight is 291 g/mol. The highest BCUT2D eigenvalue weighted by Gasteiger charge is 2.15. The zero-order valence-corrected chi connectivity index (χ0v) is 12.2. The minimum Gasteiger partial charge on any atom is -0.481 e. The van der Waals surface area contributed by atoms with Crippen LogP contribution < -0.4 is 10.2 Å². The normalized spacial score (nSPS) is 15.8. The van der Waals surface area contributed by atoms with E-state index in [4.69, 9.17) is 5.11 Å². The van der Waals surface area contributed by atoms with Gasteiger partial charge in [0.15, 0.2) is 0 Å². The van der Waals surface area contributed by atoms with Gasteiger partial charge >= 0.3 is 5.97 Å². The molecule has 1 aromatic heterocycles. The smallest absolute Gasteiger partial charge is 0.303 e. The van der Waals surface area contributed by atoms with Crippen LogP contribution >= 0.6 is 0 Å². The summed E-state index contributed by atoms with van der Waals surface area (Å²) in [6.45, 7) is 3.82. The molecule has 1 aliphatic rings. The molecule has 1 amide bonds. The van der Waals surface area contributed by atoms with Gasteiger partial charge in [-0.3, -0.25) is 9.59 Å². The van der Waals surface area contributed by atoms with Gasteiger partial charge in [0.05, 0.1) is 11.9 Å². The largest absolute Gasteiger partial charge is 0.481 e. The summed E-state index contributed by atoms with van der Waals surface area (Å²) in [4.78, 5) is 29.0. The fourth-order valence-electron chi connectivity index (χ4n) is 2.49. The maximum atomic E-state index is 11.8. The molecule has 6 nitrogen and oxygen atoms in total. The van der Waals surface area contributed by atoms with E-state index in [2.05, 4.69) is 15.2 Å². The lowest BCUT2D eigenvalue weighted by molar-refractivity contribution is -0.138. The molecule has 1 unspecified atom stereocenters. The Hall–Kier alpha value is -2.11. The van der Waals surface area contributed by atoms with E-state index in [9.17, 15) is 9.59 Å². The minimum absolute atomic E-state index is 0.000429. The van der Waals surface area contributed by atoms with Crippen molar-refractivity contribution in [2.45, 2.75) is 32.6 Å². The second kappa shape index (κ2) is 7.06. The lowest BCUT2D eigenvalue weighted by Gasteiger charge is -2.16. The maximum Gasteiger partial charge on any atom is 0.303 e. The quantitative estimate of drug-likeness (QED) is 0.839. The first kappa shape index (κ1) is 15.3. The van der Waals surface area contributed by atoms with Crippen LogP contribution in [0.4, 0.5) is 11.5 Å². The molecule has 1 aromatic rings. The van der Waals surface area contributed by atoms with Crippen LogP contribution in [0.2, 0.25) is 0 Å². The molecule has 0 radical (unpaired) electrons. The monoisotopic (exact) mass is 291 g/mol. The molecule has 2 heterocycles. The Labute approximate surface area is 124 Å². The van der Waals surface area contributed by atoms with Crippen LogP contribution in [-0.4, -0.2) is 35.1 Å². The minimum atomic E-state index is -0.882. The van der Waals surface area contributed by atoms with Crippen molar-refractivity contribution in [2.24, 2.45) is 5.92 Å². The first-order valence-electron chi connectivity index (χ1n) is 7.27. The third kappa shape index (κ3) is 4.73. The Balaban J connectivity index is 1.84. The number of aromatic nitrogens is 1. The molecule has 21 heavy (non-hydrogen) atoms. The molecule has 1 fully saturated rings. The van der Waals surface area contributed by atoms with Crippen molar-refractivity contribution in [1.82, 2.24) is 4.98 Å². The van der Waals surface area contributed by atoms with Gasteiger partial charge in [-0.1, -0.05) is 6.92 Å². The van der Waals surface area contributed by atoms with Crippen LogP contribution in [0.3, 0.4) is 0 Å². The molecule has 0 aliphatic carbocycles. The molecular formula is C15H21N3O3. The van der Waals surface area contributed by atoms with Crippen LogP contribution in [0, 0.1) is 5.92 Å². The van der Waals surface area contributed by atoms with Crippen molar-refractivity contribution in [3.05, 3.63) is 18.3 Å². The van der Waals surface area contributed by atoms with E-state index in [0.717, 1.165) is 18.9 Å². The van der Waals surface area contributed by atoms with E-state index in [1.807, 2.05) is 12.1 Å². The lowest BCUT2D eigenvalue weighted by Crippen LogP contribution is -2.19. The van der Waals surface area contributed by atoms with Gasteiger partial charge in [-0.15, -0.1) is 0 Å². The second-order valence-electron chi connectivity index (χ2n) is 5.55. The number of nitrogens with zero attached hydrogens (tertiary/aromatic N) is 2. The summed E-state index contributed by atoms with van der Waals surface area (Å²) in [6, 6.07) is 3.74. The summed E-state index contributed by atoms with van der Waals surface area (Å²) in [5, 5.41) is 11.4. The highest BCUT2D eigenvalue weighted by molar-refractivity contribution is 5.91. The molecule has 1 saturated heterocycles. The molecule has 2 rings (SSSR count). The number of carbonyl (C=O) groups excluding carboxylic acids is 1. The fourth-order valence-corrected chi connectivity index (χ4v) is 2.49. The van der Waals surface area contributed by atoms with E-state index in [1.54, 1.807) is 13.1 Å². The summed E-state index contributed by atoms with van der Waals surface area (Å²) >= 11 is 0. The van der Waals surface area contributed by atoms with Gasteiger partial charge in [0.25, 0.3) is 0 Å². The predicted octanol–water partition coefficient (Wildman–Crippen LogP) is 2.12. The molecule has 2 N–H and O–H groups in total. The molecule has 0 bridgehead atoms. The first-order chi connectivity index (χ1) is 10.0. The number of hydrogen-bond acceptors (Lipinski definition) is 4. The van der Waals surface area contributed by atoms with Crippen LogP contribution in [0.25, 0.3) is 0 Å². The number of nitrogens with one attached hydrogen (secondary N) is 1. The van der Waals surface area contributed by atoms with Crippen LogP contribution in [-0.2, 0) is 9.59 Å². The van der Waals surface area contributed by atoms with Crippen molar-refractivity contribution in [2.75, 3.05) is 23.3 Å². The number of anilines is 2. The van der Waals surface area contributed by atoms with Gasteiger partial charge in [0, 0.05) is 25.9 Å². The van der Waals surface area contributed by atoms with E-state index in [-0.39, 0.29) is 24.7 Å². The number of hydrogen-bond donors (Lipinski definition) is 2. The topological polar surface area (TPSA) is 82.5 Å². The van der Waals surface area contributed by atoms with Gasteiger partial charge in [0.2, 0.25) is 5.91 Å². The number of carboxylic acids is 1. The lowest BCUT2D eigenvalue weighted by atomic mass is 10.0. The maximum absolute atomic E-state index is 11.8. The van der Waals surface area contributed by atoms with Crippen molar-refractivity contribution in [3.63, 3.8) is 0 Å². The molecule has 1 aliphatic heterocycles. The van der Waals surface area contributed by atoms with Crippen LogP contribution in [0.1, 0.15) is 32.6 Å². The molecule has 114 valence electrons. The van der Waals surface area contributed by atoms with Gasteiger partial charge in [-0.25, -0.2) is 4.98 Å².